The van der Waals surface area contributed by atoms with Crippen LogP contribution in [0, 0.1) is 37.1 Å². The summed E-state index contributed by atoms with van der Waals surface area (Å²) >= 11 is 0. The van der Waals surface area contributed by atoms with Crippen molar-refractivity contribution >= 4 is 17.6 Å². The van der Waals surface area contributed by atoms with Gasteiger partial charge >= 0.3 is 5.97 Å². The van der Waals surface area contributed by atoms with E-state index in [-0.39, 0.29) is 11.3 Å². The van der Waals surface area contributed by atoms with Crippen LogP contribution < -0.4 is 5.01 Å². The molecule has 1 atom stereocenters. The first-order valence-corrected chi connectivity index (χ1v) is 14.7. The number of rotatable bonds is 9. The molecule has 2 fully saturated rings. The van der Waals surface area contributed by atoms with Gasteiger partial charge in [-0.1, -0.05) is 43.3 Å². The van der Waals surface area contributed by atoms with Gasteiger partial charge in [-0.05, 0) is 98.7 Å². The summed E-state index contributed by atoms with van der Waals surface area (Å²) in [6.45, 7) is 16.8. The van der Waals surface area contributed by atoms with Gasteiger partial charge in [0.25, 0.3) is 0 Å². The zero-order valence-electron chi connectivity index (χ0n) is 26.0. The number of carbonyl (C=O) groups is 2. The van der Waals surface area contributed by atoms with E-state index in [0.717, 1.165) is 65.0 Å². The molecule has 8 nitrogen and oxygen atoms in total. The third kappa shape index (κ3) is 6.17. The highest BCUT2D eigenvalue weighted by Gasteiger charge is 2.41. The normalized spacial score (nSPS) is 18.9. The van der Waals surface area contributed by atoms with Crippen molar-refractivity contribution in [2.75, 3.05) is 31.7 Å². The van der Waals surface area contributed by atoms with Crippen molar-refractivity contribution < 1.29 is 14.7 Å². The lowest BCUT2D eigenvalue weighted by Gasteiger charge is -2.40. The molecule has 2 N–H and O–H groups in total. The highest BCUT2D eigenvalue weighted by atomic mass is 16.4. The molecule has 2 aromatic carbocycles. The van der Waals surface area contributed by atoms with Crippen LogP contribution >= 0.6 is 0 Å². The molecule has 1 aliphatic heterocycles. The number of carbonyl (C=O) groups excluding carboxylic acids is 1. The first-order chi connectivity index (χ1) is 19.2. The van der Waals surface area contributed by atoms with Gasteiger partial charge in [-0.25, -0.2) is 0 Å². The number of nitrogens with zero attached hydrogens (tertiary/aromatic N) is 4. The average molecular weight is 562 g/mol. The van der Waals surface area contributed by atoms with E-state index >= 15 is 0 Å². The third-order valence-electron chi connectivity index (χ3n) is 9.43. The molecule has 1 saturated carbocycles. The number of anilines is 1. The summed E-state index contributed by atoms with van der Waals surface area (Å²) in [6, 6.07) is 10.6. The molecule has 1 aliphatic carbocycles. The zero-order chi connectivity index (χ0) is 30.3. The molecule has 1 heterocycles. The van der Waals surface area contributed by atoms with Gasteiger partial charge in [-0.2, -0.15) is 5.53 Å². The average Bonchev–Trinajstić information content (AvgIpc) is 2.96. The topological polar surface area (TPSA) is 100 Å². The Morgan fingerprint density at radius 1 is 1.15 bits per heavy atom. The highest BCUT2D eigenvalue weighted by molar-refractivity contribution is 5.79. The van der Waals surface area contributed by atoms with Crippen LogP contribution in [0.15, 0.2) is 35.6 Å². The molecule has 8 heteroatoms. The van der Waals surface area contributed by atoms with E-state index in [1.807, 2.05) is 26.0 Å². The molecule has 0 radical (unpaired) electrons. The molecule has 0 spiro atoms. The van der Waals surface area contributed by atoms with E-state index in [0.29, 0.717) is 19.1 Å². The number of aryl methyl sites for hydroxylation is 1. The lowest BCUT2D eigenvalue weighted by Crippen LogP contribution is -2.48. The molecule has 4 rings (SSSR count). The van der Waals surface area contributed by atoms with Crippen LogP contribution in [0.4, 0.5) is 5.69 Å². The quantitative estimate of drug-likeness (QED) is 0.270. The summed E-state index contributed by atoms with van der Waals surface area (Å²) in [5.74, 6) is -1.05. The summed E-state index contributed by atoms with van der Waals surface area (Å²) in [5.41, 5.74) is 13.3. The fraction of sp³-hybridized carbons (Fsp3) is 0.576. The third-order valence-corrected chi connectivity index (χ3v) is 9.43. The molecular formula is C33H47N5O3. The van der Waals surface area contributed by atoms with Crippen molar-refractivity contribution in [2.45, 2.75) is 86.2 Å². The van der Waals surface area contributed by atoms with Gasteiger partial charge < -0.3 is 10.0 Å². The fourth-order valence-corrected chi connectivity index (χ4v) is 6.62. The molecule has 0 aromatic heterocycles. The minimum atomic E-state index is -1.08. The number of carboxylic acids is 1. The van der Waals surface area contributed by atoms with Crippen molar-refractivity contribution in [2.24, 2.45) is 16.1 Å². The van der Waals surface area contributed by atoms with Crippen LogP contribution in [-0.4, -0.2) is 59.5 Å². The number of amides is 1. The number of benzene rings is 2. The Balaban J connectivity index is 1.73. The highest BCUT2D eigenvalue weighted by Crippen LogP contribution is 2.44. The van der Waals surface area contributed by atoms with Crippen LogP contribution in [0.1, 0.15) is 86.3 Å². The van der Waals surface area contributed by atoms with E-state index in [1.54, 1.807) is 20.9 Å². The lowest BCUT2D eigenvalue weighted by atomic mass is 9.69. The van der Waals surface area contributed by atoms with Crippen molar-refractivity contribution in [1.29, 1.82) is 5.53 Å². The Bertz CT molecular complexity index is 1330. The first-order valence-electron chi connectivity index (χ1n) is 14.7. The summed E-state index contributed by atoms with van der Waals surface area (Å²) in [4.78, 5) is 30.4. The predicted octanol–water partition coefficient (Wildman–Crippen LogP) is 6.46. The van der Waals surface area contributed by atoms with E-state index in [4.69, 9.17) is 5.53 Å². The molecule has 2 aromatic rings. The molecule has 0 bridgehead atoms. The summed E-state index contributed by atoms with van der Waals surface area (Å²) in [5, 5.41) is 15.4. The molecule has 1 unspecified atom stereocenters. The van der Waals surface area contributed by atoms with E-state index < -0.39 is 17.3 Å². The molecule has 1 saturated heterocycles. The Labute approximate surface area is 245 Å². The van der Waals surface area contributed by atoms with Gasteiger partial charge in [0.15, 0.2) is 0 Å². The molecular weight excluding hydrogens is 514 g/mol. The van der Waals surface area contributed by atoms with Crippen LogP contribution in [0.5, 0.6) is 0 Å². The minimum Gasteiger partial charge on any atom is -0.481 e. The number of hydrogen-bond acceptors (Lipinski definition) is 5. The Morgan fingerprint density at radius 3 is 2.41 bits per heavy atom. The van der Waals surface area contributed by atoms with Crippen molar-refractivity contribution in [3.8, 4) is 0 Å². The van der Waals surface area contributed by atoms with E-state index in [2.05, 4.69) is 54.0 Å². The number of nitrogens with one attached hydrogen (secondary N) is 1. The van der Waals surface area contributed by atoms with E-state index in [9.17, 15) is 14.7 Å². The maximum absolute atomic E-state index is 13.4. The van der Waals surface area contributed by atoms with Gasteiger partial charge in [0.1, 0.15) is 0 Å². The second-order valence-corrected chi connectivity index (χ2v) is 13.6. The van der Waals surface area contributed by atoms with Gasteiger partial charge in [0.05, 0.1) is 17.6 Å². The second kappa shape index (κ2) is 11.6. The standard InChI is InChI=1S/C33H47N5O3/c1-21-12-13-24(16-25(21)17-37-18-29(39)38(26-10-9-11-26)20-32(4,5)19-37)30(33(6,7)31(40)41)27-14-15-28(36(8)35-34)23(3)22(27)2/h12-16,26,30,34H,9-11,17-20H2,1-8H3,(H,40,41). The summed E-state index contributed by atoms with van der Waals surface area (Å²) in [7, 11) is 1.74. The number of hydrogen-bond donors (Lipinski definition) is 2. The Morgan fingerprint density at radius 2 is 1.83 bits per heavy atom. The maximum Gasteiger partial charge on any atom is 0.310 e. The largest absolute Gasteiger partial charge is 0.481 e. The predicted molar refractivity (Wildman–Crippen MR) is 162 cm³/mol. The van der Waals surface area contributed by atoms with Crippen LogP contribution in [-0.2, 0) is 16.1 Å². The number of carboxylic acid groups (broad SMARTS) is 1. The first kappa shape index (κ1) is 30.7. The Kier molecular flexibility index (Phi) is 8.65. The Hall–Kier alpha value is -3.26. The summed E-state index contributed by atoms with van der Waals surface area (Å²) < 4.78 is 0. The summed E-state index contributed by atoms with van der Waals surface area (Å²) in [6.07, 6.45) is 3.42. The zero-order valence-corrected chi connectivity index (χ0v) is 26.0. The van der Waals surface area contributed by atoms with Crippen LogP contribution in [0.2, 0.25) is 0 Å². The van der Waals surface area contributed by atoms with Crippen molar-refractivity contribution in [3.63, 3.8) is 0 Å². The van der Waals surface area contributed by atoms with Gasteiger partial charge in [-0.3, -0.25) is 19.5 Å². The van der Waals surface area contributed by atoms with Gasteiger partial charge in [-0.15, -0.1) is 0 Å². The molecule has 2 aliphatic rings. The second-order valence-electron chi connectivity index (χ2n) is 13.6. The number of aliphatic carboxylic acids is 1. The van der Waals surface area contributed by atoms with Gasteiger partial charge in [0.2, 0.25) is 5.91 Å². The minimum absolute atomic E-state index is 0.0179. The lowest BCUT2D eigenvalue weighted by molar-refractivity contribution is -0.147. The monoisotopic (exact) mass is 561 g/mol. The van der Waals surface area contributed by atoms with Gasteiger partial charge in [0, 0.05) is 38.6 Å². The van der Waals surface area contributed by atoms with Crippen molar-refractivity contribution in [1.82, 2.24) is 9.80 Å². The molecule has 222 valence electrons. The fourth-order valence-electron chi connectivity index (χ4n) is 6.62. The molecule has 41 heavy (non-hydrogen) atoms. The van der Waals surface area contributed by atoms with Crippen LogP contribution in [0.3, 0.4) is 0 Å². The van der Waals surface area contributed by atoms with Crippen LogP contribution in [0.25, 0.3) is 0 Å². The SMILES string of the molecule is Cc1ccc(C(c2ccc(N(C)N=N)c(C)c2C)C(C)(C)C(=O)O)cc1CN1CC(=O)N(C2CCC2)CC(C)(C)C1. The van der Waals surface area contributed by atoms with Crippen molar-refractivity contribution in [3.05, 3.63) is 63.7 Å². The maximum atomic E-state index is 13.4. The van der Waals surface area contributed by atoms with E-state index in [1.165, 1.54) is 11.4 Å². The molecule has 1 amide bonds. The smallest absolute Gasteiger partial charge is 0.310 e.